The number of aliphatic hydroxyl groups excluding tert-OH is 1. The van der Waals surface area contributed by atoms with Crippen LogP contribution in [-0.4, -0.2) is 33.4 Å². The number of halogens is 2. The highest BCUT2D eigenvalue weighted by Gasteiger charge is 2.23. The number of carbonyl (C=O) groups excluding carboxylic acids is 1. The molecule has 1 heterocycles. The van der Waals surface area contributed by atoms with Crippen molar-refractivity contribution in [2.24, 2.45) is 14.1 Å². The fourth-order valence-corrected chi connectivity index (χ4v) is 2.92. The number of carbonyl (C=O) groups is 1. The second-order valence-electron chi connectivity index (χ2n) is 5.80. The minimum Gasteiger partial charge on any atom is -0.396 e. The largest absolute Gasteiger partial charge is 0.396 e. The summed E-state index contributed by atoms with van der Waals surface area (Å²) < 4.78 is 16.9. The summed E-state index contributed by atoms with van der Waals surface area (Å²) >= 11 is 1.97. The van der Waals surface area contributed by atoms with Gasteiger partial charge in [-0.2, -0.15) is 0 Å². The summed E-state index contributed by atoms with van der Waals surface area (Å²) in [7, 11) is 2.66. The molecule has 2 aromatic rings. The smallest absolute Gasteiger partial charge is 0.330 e. The lowest BCUT2D eigenvalue weighted by Gasteiger charge is -2.15. The van der Waals surface area contributed by atoms with Crippen LogP contribution in [0.1, 0.15) is 28.0 Å². The molecular weight excluding hydrogens is 472 g/mol. The fourth-order valence-electron chi connectivity index (χ4n) is 2.47. The lowest BCUT2D eigenvalue weighted by atomic mass is 10.0. The van der Waals surface area contributed by atoms with Gasteiger partial charge in [0.05, 0.1) is 6.61 Å². The van der Waals surface area contributed by atoms with E-state index in [-0.39, 0.29) is 36.5 Å². The number of aliphatic hydroxyl groups is 1. The zero-order chi connectivity index (χ0) is 20.1. The number of amides is 1. The summed E-state index contributed by atoms with van der Waals surface area (Å²) in [4.78, 5) is 42.2. The molecule has 0 radical (unpaired) electrons. The number of nitrogens with one attached hydrogen (secondary N) is 1. The van der Waals surface area contributed by atoms with Gasteiger partial charge in [-0.15, -0.1) is 0 Å². The Bertz CT molecular complexity index is 970. The van der Waals surface area contributed by atoms with Crippen LogP contribution in [0.15, 0.2) is 27.8 Å². The first-order valence-electron chi connectivity index (χ1n) is 8.03. The van der Waals surface area contributed by atoms with Gasteiger partial charge in [0, 0.05) is 36.4 Å². The first kappa shape index (κ1) is 21.3. The number of hydroxylamine groups is 1. The van der Waals surface area contributed by atoms with Gasteiger partial charge in [0.25, 0.3) is 11.5 Å². The first-order valence-corrected chi connectivity index (χ1v) is 9.11. The Hall–Kier alpha value is -2.05. The number of aromatic nitrogens is 2. The van der Waals surface area contributed by atoms with E-state index in [9.17, 15) is 18.8 Å². The molecule has 0 saturated carbocycles. The molecule has 1 aromatic carbocycles. The summed E-state index contributed by atoms with van der Waals surface area (Å²) in [5, 5.41) is 8.73. The maximum atomic E-state index is 14.2. The lowest BCUT2D eigenvalue weighted by Crippen LogP contribution is -2.44. The molecule has 10 heteroatoms. The second kappa shape index (κ2) is 9.24. The zero-order valence-electron chi connectivity index (χ0n) is 14.8. The van der Waals surface area contributed by atoms with Crippen LogP contribution in [0.5, 0.6) is 0 Å². The first-order chi connectivity index (χ1) is 12.8. The van der Waals surface area contributed by atoms with E-state index in [4.69, 9.17) is 9.94 Å². The Kier molecular flexibility index (Phi) is 7.27. The molecule has 0 atom stereocenters. The van der Waals surface area contributed by atoms with Crippen LogP contribution in [0, 0.1) is 9.39 Å². The van der Waals surface area contributed by atoms with Gasteiger partial charge >= 0.3 is 5.69 Å². The third kappa shape index (κ3) is 4.82. The average molecular weight is 491 g/mol. The van der Waals surface area contributed by atoms with Crippen LogP contribution in [-0.2, 0) is 25.4 Å². The molecule has 0 saturated heterocycles. The quantitative estimate of drug-likeness (QED) is 0.333. The maximum Gasteiger partial charge on any atom is 0.330 e. The highest BCUT2D eigenvalue weighted by molar-refractivity contribution is 14.1. The molecule has 0 unspecified atom stereocenters. The molecule has 0 spiro atoms. The summed E-state index contributed by atoms with van der Waals surface area (Å²) in [5.74, 6) is -1.34. The molecule has 0 aliphatic carbocycles. The van der Waals surface area contributed by atoms with Crippen molar-refractivity contribution < 1.29 is 19.1 Å². The van der Waals surface area contributed by atoms with Gasteiger partial charge in [-0.3, -0.25) is 23.6 Å². The van der Waals surface area contributed by atoms with E-state index in [1.807, 2.05) is 22.6 Å². The number of hydrogen-bond donors (Lipinski definition) is 2. The maximum absolute atomic E-state index is 14.2. The van der Waals surface area contributed by atoms with E-state index < -0.39 is 23.0 Å². The Morgan fingerprint density at radius 1 is 1.30 bits per heavy atom. The standard InChI is InChI=1S/C17H19FIN3O5/c1-21-13(8-10-4-5-11(19)9-12(10)18)14(16(25)22(2)17(21)26)15(24)20-27-7-3-6-23/h4-5,9,23H,3,6-8H2,1-2H3,(H,20,24). The number of nitrogens with zero attached hydrogens (tertiary/aromatic N) is 2. The van der Waals surface area contributed by atoms with E-state index >= 15 is 0 Å². The normalized spacial score (nSPS) is 10.9. The van der Waals surface area contributed by atoms with Gasteiger partial charge in [-0.1, -0.05) is 6.07 Å². The topological polar surface area (TPSA) is 103 Å². The summed E-state index contributed by atoms with van der Waals surface area (Å²) in [6, 6.07) is 4.56. The van der Waals surface area contributed by atoms with Crippen molar-refractivity contribution in [3.05, 3.63) is 65.2 Å². The molecule has 0 aliphatic rings. The summed E-state index contributed by atoms with van der Waals surface area (Å²) in [6.45, 7) is -0.0653. The molecule has 0 fully saturated rings. The van der Waals surface area contributed by atoms with Crippen molar-refractivity contribution >= 4 is 28.5 Å². The SMILES string of the molecule is Cn1c(Cc2ccc(I)cc2F)c(C(=O)NOCCCO)c(=O)n(C)c1=O. The van der Waals surface area contributed by atoms with Crippen LogP contribution in [0.3, 0.4) is 0 Å². The predicted molar refractivity (Wildman–Crippen MR) is 104 cm³/mol. The van der Waals surface area contributed by atoms with Crippen LogP contribution >= 0.6 is 22.6 Å². The predicted octanol–water partition coefficient (Wildman–Crippen LogP) is 0.462. The number of benzene rings is 1. The monoisotopic (exact) mass is 491 g/mol. The molecule has 2 rings (SSSR count). The van der Waals surface area contributed by atoms with Crippen molar-refractivity contribution in [3.8, 4) is 0 Å². The van der Waals surface area contributed by atoms with E-state index in [1.54, 1.807) is 12.1 Å². The molecule has 27 heavy (non-hydrogen) atoms. The van der Waals surface area contributed by atoms with E-state index in [1.165, 1.54) is 20.2 Å². The van der Waals surface area contributed by atoms with Gasteiger partial charge in [-0.05, 0) is 46.7 Å². The summed E-state index contributed by atoms with van der Waals surface area (Å²) in [5.41, 5.74) is 0.711. The Morgan fingerprint density at radius 2 is 2.00 bits per heavy atom. The second-order valence-corrected chi connectivity index (χ2v) is 7.04. The van der Waals surface area contributed by atoms with Crippen molar-refractivity contribution in [3.63, 3.8) is 0 Å². The highest BCUT2D eigenvalue weighted by Crippen LogP contribution is 2.17. The van der Waals surface area contributed by atoms with E-state index in [2.05, 4.69) is 5.48 Å². The molecule has 0 aliphatic heterocycles. The van der Waals surface area contributed by atoms with E-state index in [0.717, 1.165) is 9.13 Å². The average Bonchev–Trinajstić information content (AvgIpc) is 2.63. The van der Waals surface area contributed by atoms with Crippen molar-refractivity contribution in [1.29, 1.82) is 0 Å². The molecule has 1 aromatic heterocycles. The minimum absolute atomic E-state index is 0.0510. The zero-order valence-corrected chi connectivity index (χ0v) is 16.9. The highest BCUT2D eigenvalue weighted by atomic mass is 127. The van der Waals surface area contributed by atoms with Crippen LogP contribution < -0.4 is 16.7 Å². The van der Waals surface area contributed by atoms with Gasteiger partial charge in [0.2, 0.25) is 0 Å². The van der Waals surface area contributed by atoms with Gasteiger partial charge in [-0.25, -0.2) is 14.7 Å². The minimum atomic E-state index is -0.843. The van der Waals surface area contributed by atoms with Crippen molar-refractivity contribution in [2.75, 3.05) is 13.2 Å². The summed E-state index contributed by atoms with van der Waals surface area (Å²) in [6.07, 6.45) is 0.177. The molecule has 1 amide bonds. The fraction of sp³-hybridized carbons (Fsp3) is 0.353. The van der Waals surface area contributed by atoms with Gasteiger partial charge in [0.1, 0.15) is 11.4 Å². The molecule has 8 nitrogen and oxygen atoms in total. The van der Waals surface area contributed by atoms with E-state index in [0.29, 0.717) is 9.99 Å². The van der Waals surface area contributed by atoms with Gasteiger partial charge < -0.3 is 5.11 Å². The Morgan fingerprint density at radius 3 is 2.63 bits per heavy atom. The van der Waals surface area contributed by atoms with Crippen LogP contribution in [0.4, 0.5) is 4.39 Å². The van der Waals surface area contributed by atoms with Crippen LogP contribution in [0.2, 0.25) is 0 Å². The third-order valence-corrected chi connectivity index (χ3v) is 4.63. The number of hydrogen-bond acceptors (Lipinski definition) is 5. The molecule has 146 valence electrons. The van der Waals surface area contributed by atoms with Crippen molar-refractivity contribution in [2.45, 2.75) is 12.8 Å². The van der Waals surface area contributed by atoms with Crippen molar-refractivity contribution in [1.82, 2.24) is 14.6 Å². The Labute approximate surface area is 167 Å². The Balaban J connectivity index is 2.50. The molecule has 0 bridgehead atoms. The third-order valence-electron chi connectivity index (χ3n) is 3.96. The lowest BCUT2D eigenvalue weighted by molar-refractivity contribution is 0.0258. The number of rotatable bonds is 7. The van der Waals surface area contributed by atoms with Gasteiger partial charge in [0.15, 0.2) is 0 Å². The van der Waals surface area contributed by atoms with Crippen LogP contribution in [0.25, 0.3) is 0 Å². The molecular formula is C17H19FIN3O5. The molecule has 2 N–H and O–H groups in total.